The molecule has 1 rings (SSSR count). The van der Waals surface area contributed by atoms with Crippen LogP contribution in [0.3, 0.4) is 0 Å². The van der Waals surface area contributed by atoms with Crippen molar-refractivity contribution in [2.45, 2.75) is 58.7 Å². The van der Waals surface area contributed by atoms with E-state index in [1.54, 1.807) is 0 Å². The van der Waals surface area contributed by atoms with Gasteiger partial charge in [-0.1, -0.05) is 6.92 Å². The van der Waals surface area contributed by atoms with Crippen LogP contribution in [0.1, 0.15) is 47.0 Å². The standard InChI is InChI=1S/C12H20O3/c1-5-9-6-7-10(14-9)8-11(13)15-12(2,3)4/h8-9H,5-7H2,1-4H3/b10-8+. The molecular weight excluding hydrogens is 192 g/mol. The summed E-state index contributed by atoms with van der Waals surface area (Å²) in [6.07, 6.45) is 4.59. The molecule has 1 atom stereocenters. The van der Waals surface area contributed by atoms with Gasteiger partial charge in [0.1, 0.15) is 11.4 Å². The highest BCUT2D eigenvalue weighted by Crippen LogP contribution is 2.25. The zero-order valence-corrected chi connectivity index (χ0v) is 10.0. The summed E-state index contributed by atoms with van der Waals surface area (Å²) in [5.74, 6) is 0.449. The number of hydrogen-bond donors (Lipinski definition) is 0. The maximum atomic E-state index is 11.4. The smallest absolute Gasteiger partial charge is 0.334 e. The first-order chi connectivity index (χ1) is 6.90. The Balaban J connectivity index is 2.47. The number of carbonyl (C=O) groups is 1. The van der Waals surface area contributed by atoms with Gasteiger partial charge in [0.15, 0.2) is 0 Å². The highest BCUT2D eigenvalue weighted by Gasteiger charge is 2.21. The summed E-state index contributed by atoms with van der Waals surface area (Å²) in [6.45, 7) is 7.65. The number of esters is 1. The van der Waals surface area contributed by atoms with Crippen molar-refractivity contribution in [1.82, 2.24) is 0 Å². The summed E-state index contributed by atoms with van der Waals surface area (Å²) in [5, 5.41) is 0. The number of ether oxygens (including phenoxy) is 2. The van der Waals surface area contributed by atoms with Gasteiger partial charge in [-0.25, -0.2) is 4.79 Å². The van der Waals surface area contributed by atoms with Crippen molar-refractivity contribution < 1.29 is 14.3 Å². The molecule has 0 aromatic carbocycles. The molecule has 1 aliphatic rings. The first kappa shape index (κ1) is 12.1. The summed E-state index contributed by atoms with van der Waals surface area (Å²) in [7, 11) is 0. The molecule has 1 saturated heterocycles. The van der Waals surface area contributed by atoms with Crippen LogP contribution in [0.25, 0.3) is 0 Å². The summed E-state index contributed by atoms with van der Waals surface area (Å²) < 4.78 is 10.7. The lowest BCUT2D eigenvalue weighted by atomic mass is 10.2. The first-order valence-corrected chi connectivity index (χ1v) is 5.51. The number of allylic oxidation sites excluding steroid dienone is 1. The normalized spacial score (nSPS) is 24.0. The van der Waals surface area contributed by atoms with Crippen LogP contribution in [0.15, 0.2) is 11.8 Å². The SMILES string of the molecule is CCC1CC/C(=C\C(=O)OC(C)(C)C)O1. The molecule has 0 radical (unpaired) electrons. The van der Waals surface area contributed by atoms with E-state index in [0.717, 1.165) is 25.0 Å². The van der Waals surface area contributed by atoms with E-state index in [9.17, 15) is 4.79 Å². The first-order valence-electron chi connectivity index (χ1n) is 5.51. The summed E-state index contributed by atoms with van der Waals surface area (Å²) in [4.78, 5) is 11.4. The fraction of sp³-hybridized carbons (Fsp3) is 0.750. The van der Waals surface area contributed by atoms with Crippen molar-refractivity contribution in [2.24, 2.45) is 0 Å². The third-order valence-corrected chi connectivity index (χ3v) is 2.17. The quantitative estimate of drug-likeness (QED) is 0.521. The van der Waals surface area contributed by atoms with Crippen molar-refractivity contribution in [3.63, 3.8) is 0 Å². The topological polar surface area (TPSA) is 35.5 Å². The van der Waals surface area contributed by atoms with Gasteiger partial charge in [0.05, 0.1) is 12.2 Å². The van der Waals surface area contributed by atoms with Crippen LogP contribution in [0.5, 0.6) is 0 Å². The van der Waals surface area contributed by atoms with Crippen LogP contribution >= 0.6 is 0 Å². The molecular formula is C12H20O3. The highest BCUT2D eigenvalue weighted by atomic mass is 16.6. The molecule has 0 aromatic heterocycles. The lowest BCUT2D eigenvalue weighted by Crippen LogP contribution is -2.22. The highest BCUT2D eigenvalue weighted by molar-refractivity contribution is 5.82. The van der Waals surface area contributed by atoms with E-state index in [4.69, 9.17) is 9.47 Å². The van der Waals surface area contributed by atoms with Crippen molar-refractivity contribution >= 4 is 5.97 Å². The number of hydrogen-bond acceptors (Lipinski definition) is 3. The number of rotatable bonds is 2. The molecule has 15 heavy (non-hydrogen) atoms. The van der Waals surface area contributed by atoms with Gasteiger partial charge in [0, 0.05) is 6.42 Å². The second-order valence-corrected chi connectivity index (χ2v) is 4.83. The van der Waals surface area contributed by atoms with Crippen LogP contribution in [0, 0.1) is 0 Å². The Morgan fingerprint density at radius 2 is 2.27 bits per heavy atom. The summed E-state index contributed by atoms with van der Waals surface area (Å²) >= 11 is 0. The lowest BCUT2D eigenvalue weighted by Gasteiger charge is -2.18. The molecule has 0 aliphatic carbocycles. The minimum absolute atomic E-state index is 0.277. The molecule has 3 heteroatoms. The molecule has 1 fully saturated rings. The molecule has 1 aliphatic heterocycles. The fourth-order valence-electron chi connectivity index (χ4n) is 1.49. The minimum Gasteiger partial charge on any atom is -0.495 e. The maximum absolute atomic E-state index is 11.4. The molecule has 3 nitrogen and oxygen atoms in total. The van der Waals surface area contributed by atoms with Crippen molar-refractivity contribution in [1.29, 1.82) is 0 Å². The second kappa shape index (κ2) is 4.69. The molecule has 0 amide bonds. The number of carbonyl (C=O) groups excluding carboxylic acids is 1. The molecule has 0 N–H and O–H groups in total. The zero-order chi connectivity index (χ0) is 11.5. The lowest BCUT2D eigenvalue weighted by molar-refractivity contribution is -0.148. The molecule has 0 aromatic rings. The molecule has 1 heterocycles. The summed E-state index contributed by atoms with van der Waals surface area (Å²) in [5.41, 5.74) is -0.434. The van der Waals surface area contributed by atoms with E-state index in [1.165, 1.54) is 6.08 Å². The Morgan fingerprint density at radius 1 is 1.60 bits per heavy atom. The zero-order valence-electron chi connectivity index (χ0n) is 10.0. The van der Waals surface area contributed by atoms with Crippen LogP contribution in [0.2, 0.25) is 0 Å². The van der Waals surface area contributed by atoms with Crippen molar-refractivity contribution in [2.75, 3.05) is 0 Å². The Hall–Kier alpha value is -0.990. The Kier molecular flexibility index (Phi) is 3.77. The van der Waals surface area contributed by atoms with Gasteiger partial charge in [0.2, 0.25) is 0 Å². The maximum Gasteiger partial charge on any atom is 0.334 e. The van der Waals surface area contributed by atoms with Gasteiger partial charge < -0.3 is 9.47 Å². The van der Waals surface area contributed by atoms with E-state index < -0.39 is 5.60 Å². The predicted molar refractivity (Wildman–Crippen MR) is 58.3 cm³/mol. The van der Waals surface area contributed by atoms with Crippen molar-refractivity contribution in [3.8, 4) is 0 Å². The van der Waals surface area contributed by atoms with E-state index in [0.29, 0.717) is 0 Å². The average molecular weight is 212 g/mol. The third kappa shape index (κ3) is 4.36. The minimum atomic E-state index is -0.434. The monoisotopic (exact) mass is 212 g/mol. The van der Waals surface area contributed by atoms with Crippen LogP contribution < -0.4 is 0 Å². The molecule has 1 unspecified atom stereocenters. The molecule has 0 bridgehead atoms. The molecule has 0 saturated carbocycles. The fourth-order valence-corrected chi connectivity index (χ4v) is 1.49. The second-order valence-electron chi connectivity index (χ2n) is 4.83. The van der Waals surface area contributed by atoms with Crippen LogP contribution in [0.4, 0.5) is 0 Å². The predicted octanol–water partition coefficient (Wildman–Crippen LogP) is 2.80. The average Bonchev–Trinajstić information content (AvgIpc) is 2.48. The third-order valence-electron chi connectivity index (χ3n) is 2.17. The Labute approximate surface area is 91.4 Å². The van der Waals surface area contributed by atoms with Gasteiger partial charge in [-0.2, -0.15) is 0 Å². The van der Waals surface area contributed by atoms with Gasteiger partial charge in [0.25, 0.3) is 0 Å². The van der Waals surface area contributed by atoms with E-state index in [2.05, 4.69) is 6.92 Å². The van der Waals surface area contributed by atoms with Gasteiger partial charge >= 0.3 is 5.97 Å². The van der Waals surface area contributed by atoms with Crippen LogP contribution in [-0.4, -0.2) is 17.7 Å². The van der Waals surface area contributed by atoms with Crippen LogP contribution in [-0.2, 0) is 14.3 Å². The summed E-state index contributed by atoms with van der Waals surface area (Å²) in [6, 6.07) is 0. The van der Waals surface area contributed by atoms with E-state index in [-0.39, 0.29) is 12.1 Å². The molecule has 0 spiro atoms. The largest absolute Gasteiger partial charge is 0.495 e. The van der Waals surface area contributed by atoms with Gasteiger partial charge in [-0.15, -0.1) is 0 Å². The van der Waals surface area contributed by atoms with Gasteiger partial charge in [-0.3, -0.25) is 0 Å². The molecule has 86 valence electrons. The Morgan fingerprint density at radius 3 is 2.73 bits per heavy atom. The Bertz CT molecular complexity index is 261. The van der Waals surface area contributed by atoms with E-state index >= 15 is 0 Å². The van der Waals surface area contributed by atoms with Gasteiger partial charge in [-0.05, 0) is 33.6 Å². The van der Waals surface area contributed by atoms with E-state index in [1.807, 2.05) is 20.8 Å². The van der Waals surface area contributed by atoms with Crippen molar-refractivity contribution in [3.05, 3.63) is 11.8 Å².